The monoisotopic (exact) mass is 628 g/mol. The maximum atomic E-state index is 13.5. The maximum Gasteiger partial charge on any atom is 0.288 e. The van der Waals surface area contributed by atoms with Crippen molar-refractivity contribution in [3.8, 4) is 5.69 Å². The van der Waals surface area contributed by atoms with Gasteiger partial charge in [-0.15, -0.1) is 10.2 Å². The second kappa shape index (κ2) is 13.5. The van der Waals surface area contributed by atoms with Gasteiger partial charge in [0.15, 0.2) is 11.0 Å². The van der Waals surface area contributed by atoms with E-state index < -0.39 is 21.8 Å². The lowest BCUT2D eigenvalue weighted by Crippen LogP contribution is -2.32. The molecule has 1 amide bonds. The molecule has 1 heterocycles. The molecule has 0 bridgehead atoms. The molecule has 0 saturated carbocycles. The number of nitrogens with one attached hydrogen (secondary N) is 1. The Hall–Kier alpha value is -5.07. The Morgan fingerprint density at radius 2 is 1.64 bits per heavy atom. The third-order valence-corrected chi connectivity index (χ3v) is 8.05. The number of hydrogen-bond acceptors (Lipinski definition) is 8. The molecule has 0 aliphatic carbocycles. The zero-order valence-electron chi connectivity index (χ0n) is 23.3. The molecular formula is C31H25ClN6O5S. The van der Waals surface area contributed by atoms with Crippen LogP contribution in [0.15, 0.2) is 102 Å². The van der Waals surface area contributed by atoms with Crippen molar-refractivity contribution in [1.82, 2.24) is 20.1 Å². The summed E-state index contributed by atoms with van der Waals surface area (Å²) in [6, 6.07) is 26.6. The van der Waals surface area contributed by atoms with Gasteiger partial charge in [0, 0.05) is 35.2 Å². The van der Waals surface area contributed by atoms with E-state index in [-0.39, 0.29) is 22.0 Å². The summed E-state index contributed by atoms with van der Waals surface area (Å²) < 4.78 is 1.77. The Kier molecular flexibility index (Phi) is 9.32. The van der Waals surface area contributed by atoms with E-state index in [1.807, 2.05) is 55.5 Å². The van der Waals surface area contributed by atoms with Crippen LogP contribution < -0.4 is 5.32 Å². The van der Waals surface area contributed by atoms with Crippen LogP contribution in [0.2, 0.25) is 5.02 Å². The van der Waals surface area contributed by atoms with Crippen LogP contribution >= 0.6 is 23.4 Å². The standard InChI is InChI=1S/C31H25ClN6O5S/c1-20-6-5-9-22(16-20)19-44-31-35-34-29(36(31)24-11-13-25(14-12-24)37(40)41)27(17-21-7-3-2-4-8-21)33-30(39)23-10-15-26(32)28(18-23)38(42)43/h2-16,18,27H,17,19H2,1H3,(H,33,39). The molecule has 44 heavy (non-hydrogen) atoms. The summed E-state index contributed by atoms with van der Waals surface area (Å²) in [5.41, 5.74) is 3.25. The van der Waals surface area contributed by atoms with Crippen molar-refractivity contribution in [2.45, 2.75) is 30.3 Å². The van der Waals surface area contributed by atoms with E-state index in [0.717, 1.165) is 22.8 Å². The number of nitro groups is 2. The topological polar surface area (TPSA) is 146 Å². The van der Waals surface area contributed by atoms with Gasteiger partial charge in [-0.1, -0.05) is 83.5 Å². The lowest BCUT2D eigenvalue weighted by atomic mass is 10.0. The van der Waals surface area contributed by atoms with Crippen LogP contribution in [0, 0.1) is 27.2 Å². The van der Waals surface area contributed by atoms with Crippen molar-refractivity contribution in [1.29, 1.82) is 0 Å². The van der Waals surface area contributed by atoms with Gasteiger partial charge in [-0.05, 0) is 48.7 Å². The fourth-order valence-corrected chi connectivity index (χ4v) is 5.70. The van der Waals surface area contributed by atoms with Gasteiger partial charge in [-0.25, -0.2) is 0 Å². The number of nitrogens with zero attached hydrogens (tertiary/aromatic N) is 5. The molecule has 0 radical (unpaired) electrons. The average molecular weight is 629 g/mol. The highest BCUT2D eigenvalue weighted by molar-refractivity contribution is 7.98. The van der Waals surface area contributed by atoms with E-state index >= 15 is 0 Å². The number of aryl methyl sites for hydroxylation is 1. The van der Waals surface area contributed by atoms with Crippen molar-refractivity contribution < 1.29 is 14.6 Å². The molecule has 1 aromatic heterocycles. The van der Waals surface area contributed by atoms with Gasteiger partial charge in [0.2, 0.25) is 0 Å². The summed E-state index contributed by atoms with van der Waals surface area (Å²) >= 11 is 7.40. The number of amides is 1. The Bertz CT molecular complexity index is 1830. The minimum Gasteiger partial charge on any atom is -0.342 e. The van der Waals surface area contributed by atoms with Crippen LogP contribution in [-0.4, -0.2) is 30.5 Å². The maximum absolute atomic E-state index is 13.5. The van der Waals surface area contributed by atoms with Gasteiger partial charge in [0.25, 0.3) is 17.3 Å². The largest absolute Gasteiger partial charge is 0.342 e. The molecule has 0 spiro atoms. The highest BCUT2D eigenvalue weighted by atomic mass is 35.5. The molecule has 5 aromatic rings. The number of thioether (sulfide) groups is 1. The van der Waals surface area contributed by atoms with E-state index in [4.69, 9.17) is 11.6 Å². The molecule has 222 valence electrons. The van der Waals surface area contributed by atoms with Gasteiger partial charge in [0.1, 0.15) is 5.02 Å². The molecule has 1 unspecified atom stereocenters. The third-order valence-electron chi connectivity index (χ3n) is 6.73. The lowest BCUT2D eigenvalue weighted by Gasteiger charge is -2.20. The highest BCUT2D eigenvalue weighted by Crippen LogP contribution is 2.31. The quantitative estimate of drug-likeness (QED) is 0.0930. The number of benzene rings is 4. The summed E-state index contributed by atoms with van der Waals surface area (Å²) in [5.74, 6) is 0.390. The van der Waals surface area contributed by atoms with E-state index in [1.165, 1.54) is 36.0 Å². The predicted octanol–water partition coefficient (Wildman–Crippen LogP) is 7.05. The Balaban J connectivity index is 1.56. The summed E-state index contributed by atoms with van der Waals surface area (Å²) in [6.45, 7) is 2.01. The number of nitro benzene ring substituents is 2. The van der Waals surface area contributed by atoms with Gasteiger partial charge in [0.05, 0.1) is 15.9 Å². The minimum absolute atomic E-state index is 0.0506. The van der Waals surface area contributed by atoms with Crippen LogP contribution in [0.1, 0.15) is 38.9 Å². The van der Waals surface area contributed by atoms with E-state index in [0.29, 0.717) is 28.8 Å². The number of carbonyl (C=O) groups is 1. The number of hydrogen-bond donors (Lipinski definition) is 1. The first-order chi connectivity index (χ1) is 21.2. The molecule has 13 heteroatoms. The normalized spacial score (nSPS) is 11.6. The SMILES string of the molecule is Cc1cccc(CSc2nnc(C(Cc3ccccc3)NC(=O)c3ccc(Cl)c([N+](=O)[O-])c3)n2-c2ccc([N+](=O)[O-])cc2)c1. The fraction of sp³-hybridized carbons (Fsp3) is 0.129. The number of carbonyl (C=O) groups excluding carboxylic acids is 1. The molecular weight excluding hydrogens is 604 g/mol. The summed E-state index contributed by atoms with van der Waals surface area (Å²) in [7, 11) is 0. The number of halogens is 1. The molecule has 1 atom stereocenters. The first-order valence-corrected chi connectivity index (χ1v) is 14.7. The van der Waals surface area contributed by atoms with Gasteiger partial charge >= 0.3 is 0 Å². The van der Waals surface area contributed by atoms with E-state index in [2.05, 4.69) is 21.6 Å². The highest BCUT2D eigenvalue weighted by Gasteiger charge is 2.27. The summed E-state index contributed by atoms with van der Waals surface area (Å²) in [4.78, 5) is 35.2. The van der Waals surface area contributed by atoms with Gasteiger partial charge in [-0.3, -0.25) is 29.6 Å². The first-order valence-electron chi connectivity index (χ1n) is 13.4. The second-order valence-electron chi connectivity index (χ2n) is 9.87. The molecule has 1 N–H and O–H groups in total. The van der Waals surface area contributed by atoms with Crippen LogP contribution in [0.3, 0.4) is 0 Å². The van der Waals surface area contributed by atoms with Gasteiger partial charge < -0.3 is 5.32 Å². The average Bonchev–Trinajstić information content (AvgIpc) is 3.44. The molecule has 0 aliphatic rings. The predicted molar refractivity (Wildman–Crippen MR) is 167 cm³/mol. The molecule has 4 aromatic carbocycles. The van der Waals surface area contributed by atoms with Crippen molar-refractivity contribution >= 4 is 40.6 Å². The summed E-state index contributed by atoms with van der Waals surface area (Å²) in [6.07, 6.45) is 0.315. The zero-order chi connectivity index (χ0) is 31.2. The number of rotatable bonds is 11. The Morgan fingerprint density at radius 3 is 2.32 bits per heavy atom. The van der Waals surface area contributed by atoms with Gasteiger partial charge in [-0.2, -0.15) is 0 Å². The van der Waals surface area contributed by atoms with Crippen molar-refractivity contribution in [3.63, 3.8) is 0 Å². The number of non-ortho nitro benzene ring substituents is 1. The fourth-order valence-electron chi connectivity index (χ4n) is 4.61. The van der Waals surface area contributed by atoms with Crippen LogP contribution in [0.4, 0.5) is 11.4 Å². The Morgan fingerprint density at radius 1 is 0.909 bits per heavy atom. The molecule has 0 fully saturated rings. The smallest absolute Gasteiger partial charge is 0.288 e. The number of aromatic nitrogens is 3. The molecule has 5 rings (SSSR count). The third kappa shape index (κ3) is 7.10. The van der Waals surface area contributed by atoms with Crippen molar-refractivity contribution in [3.05, 3.63) is 150 Å². The van der Waals surface area contributed by atoms with Crippen molar-refractivity contribution in [2.24, 2.45) is 0 Å². The van der Waals surface area contributed by atoms with Crippen LogP contribution in [-0.2, 0) is 12.2 Å². The van der Waals surface area contributed by atoms with E-state index in [1.54, 1.807) is 16.7 Å². The molecule has 11 nitrogen and oxygen atoms in total. The first kappa shape index (κ1) is 30.4. The van der Waals surface area contributed by atoms with Crippen LogP contribution in [0.5, 0.6) is 0 Å². The molecule has 0 aliphatic heterocycles. The Labute approximate surface area is 261 Å². The minimum atomic E-state index is -0.740. The second-order valence-corrected chi connectivity index (χ2v) is 11.2. The van der Waals surface area contributed by atoms with Crippen LogP contribution in [0.25, 0.3) is 5.69 Å². The summed E-state index contributed by atoms with van der Waals surface area (Å²) in [5, 5.41) is 35.2. The lowest BCUT2D eigenvalue weighted by molar-refractivity contribution is -0.385. The molecule has 0 saturated heterocycles. The van der Waals surface area contributed by atoms with Crippen molar-refractivity contribution in [2.75, 3.05) is 0 Å². The van der Waals surface area contributed by atoms with E-state index in [9.17, 15) is 25.0 Å². The zero-order valence-corrected chi connectivity index (χ0v) is 24.9.